The maximum Gasteiger partial charge on any atom is 0.134 e. The molecule has 0 radical (unpaired) electrons. The van der Waals surface area contributed by atoms with E-state index in [4.69, 9.17) is 0 Å². The van der Waals surface area contributed by atoms with E-state index >= 15 is 0 Å². The van der Waals surface area contributed by atoms with Crippen LogP contribution in [0.25, 0.3) is 0 Å². The second-order valence-corrected chi connectivity index (χ2v) is 5.97. The zero-order chi connectivity index (χ0) is 13.1. The normalized spacial score (nSPS) is 25.3. The zero-order valence-electron chi connectivity index (χ0n) is 11.0. The average molecular weight is 313 g/mol. The van der Waals surface area contributed by atoms with Crippen molar-refractivity contribution in [2.45, 2.75) is 51.7 Å². The number of rotatable bonds is 3. The van der Waals surface area contributed by atoms with E-state index in [-0.39, 0.29) is 0 Å². The minimum Gasteiger partial charge on any atom is -0.506 e. The third-order valence-electron chi connectivity index (χ3n) is 3.72. The first-order valence-electron chi connectivity index (χ1n) is 6.57. The summed E-state index contributed by atoms with van der Waals surface area (Å²) in [7, 11) is 0. The smallest absolute Gasteiger partial charge is 0.134 e. The number of nitrogens with zero attached hydrogens (tertiary/aromatic N) is 1. The van der Waals surface area contributed by atoms with Crippen molar-refractivity contribution < 1.29 is 5.11 Å². The van der Waals surface area contributed by atoms with Crippen molar-refractivity contribution >= 4 is 15.9 Å². The first kappa shape index (κ1) is 13.8. The number of halogens is 1. The van der Waals surface area contributed by atoms with E-state index in [0.29, 0.717) is 24.4 Å². The molecule has 1 fully saturated rings. The monoisotopic (exact) mass is 312 g/mol. The van der Waals surface area contributed by atoms with Crippen molar-refractivity contribution in [3.63, 3.8) is 0 Å². The highest BCUT2D eigenvalue weighted by atomic mass is 79.9. The van der Waals surface area contributed by atoms with E-state index in [1.807, 2.05) is 18.2 Å². The second-order valence-electron chi connectivity index (χ2n) is 5.12. The van der Waals surface area contributed by atoms with E-state index in [9.17, 15) is 5.11 Å². The molecule has 0 spiro atoms. The highest BCUT2D eigenvalue weighted by Gasteiger charge is 2.24. The number of aromatic hydroxyl groups is 1. The molecule has 0 aliphatic carbocycles. The molecule has 0 bridgehead atoms. The Morgan fingerprint density at radius 3 is 2.67 bits per heavy atom. The Hall–Kier alpha value is -0.580. The third kappa shape index (κ3) is 3.05. The van der Waals surface area contributed by atoms with Gasteiger partial charge in [-0.2, -0.15) is 0 Å². The van der Waals surface area contributed by atoms with E-state index in [0.717, 1.165) is 10.0 Å². The third-order valence-corrected chi connectivity index (χ3v) is 4.36. The minimum absolute atomic E-state index is 0.335. The SMILES string of the molecule is CC1CCCC(C)N1NCc1cccc(Br)c1O. The van der Waals surface area contributed by atoms with Gasteiger partial charge in [-0.1, -0.05) is 18.6 Å². The number of hydrogen-bond acceptors (Lipinski definition) is 3. The van der Waals surface area contributed by atoms with Crippen LogP contribution in [0, 0.1) is 0 Å². The van der Waals surface area contributed by atoms with E-state index in [2.05, 4.69) is 40.2 Å². The lowest BCUT2D eigenvalue weighted by atomic mass is 10.00. The maximum absolute atomic E-state index is 9.95. The van der Waals surface area contributed by atoms with Gasteiger partial charge in [-0.05, 0) is 48.7 Å². The molecule has 2 atom stereocenters. The first-order valence-corrected chi connectivity index (χ1v) is 7.37. The van der Waals surface area contributed by atoms with Gasteiger partial charge in [0.2, 0.25) is 0 Å². The van der Waals surface area contributed by atoms with Gasteiger partial charge in [0.15, 0.2) is 0 Å². The van der Waals surface area contributed by atoms with Crippen LogP contribution < -0.4 is 5.43 Å². The number of piperidine rings is 1. The van der Waals surface area contributed by atoms with E-state index in [1.54, 1.807) is 0 Å². The molecule has 18 heavy (non-hydrogen) atoms. The van der Waals surface area contributed by atoms with Crippen LogP contribution in [0.2, 0.25) is 0 Å². The van der Waals surface area contributed by atoms with Gasteiger partial charge in [-0.25, -0.2) is 5.01 Å². The van der Waals surface area contributed by atoms with Crippen LogP contribution in [-0.2, 0) is 6.54 Å². The van der Waals surface area contributed by atoms with Crippen molar-refractivity contribution in [3.8, 4) is 5.75 Å². The molecule has 0 saturated carbocycles. The van der Waals surface area contributed by atoms with Gasteiger partial charge >= 0.3 is 0 Å². The molecule has 0 amide bonds. The van der Waals surface area contributed by atoms with Gasteiger partial charge < -0.3 is 5.11 Å². The maximum atomic E-state index is 9.95. The lowest BCUT2D eigenvalue weighted by Crippen LogP contribution is -2.51. The molecule has 1 aromatic carbocycles. The zero-order valence-corrected chi connectivity index (χ0v) is 12.6. The fourth-order valence-electron chi connectivity index (χ4n) is 2.61. The molecule has 2 rings (SSSR count). The van der Waals surface area contributed by atoms with Crippen LogP contribution in [0.1, 0.15) is 38.7 Å². The summed E-state index contributed by atoms with van der Waals surface area (Å²) in [5.41, 5.74) is 4.38. The quantitative estimate of drug-likeness (QED) is 0.897. The molecule has 1 heterocycles. The molecule has 1 aliphatic heterocycles. The van der Waals surface area contributed by atoms with Crippen LogP contribution >= 0.6 is 15.9 Å². The predicted octanol–water partition coefficient (Wildman–Crippen LogP) is 3.42. The Labute approximate surface area is 117 Å². The number of phenolic OH excluding ortho intramolecular Hbond substituents is 1. The molecule has 1 aliphatic rings. The van der Waals surface area contributed by atoms with Gasteiger partial charge in [0.05, 0.1) is 4.47 Å². The van der Waals surface area contributed by atoms with Gasteiger partial charge in [-0.15, -0.1) is 0 Å². The summed E-state index contributed by atoms with van der Waals surface area (Å²) in [6.45, 7) is 5.17. The molecule has 1 saturated heterocycles. The van der Waals surface area contributed by atoms with Crippen LogP contribution in [0.4, 0.5) is 0 Å². The summed E-state index contributed by atoms with van der Waals surface area (Å²) in [5, 5.41) is 12.3. The van der Waals surface area contributed by atoms with Gasteiger partial charge in [0.25, 0.3) is 0 Å². The lowest BCUT2D eigenvalue weighted by molar-refractivity contribution is 0.0433. The molecule has 100 valence electrons. The van der Waals surface area contributed by atoms with Crippen molar-refractivity contribution in [2.75, 3.05) is 0 Å². The molecule has 4 heteroatoms. The average Bonchev–Trinajstić information content (AvgIpc) is 2.33. The minimum atomic E-state index is 0.335. The van der Waals surface area contributed by atoms with Crippen molar-refractivity contribution in [3.05, 3.63) is 28.2 Å². The Morgan fingerprint density at radius 1 is 1.33 bits per heavy atom. The molecular weight excluding hydrogens is 292 g/mol. The number of para-hydroxylation sites is 1. The summed E-state index contributed by atoms with van der Waals surface area (Å²) in [6, 6.07) is 6.87. The van der Waals surface area contributed by atoms with Gasteiger partial charge in [-0.3, -0.25) is 5.43 Å². The summed E-state index contributed by atoms with van der Waals surface area (Å²) in [5.74, 6) is 0.335. The number of phenols is 1. The second kappa shape index (κ2) is 6.04. The fraction of sp³-hybridized carbons (Fsp3) is 0.571. The molecule has 0 aromatic heterocycles. The summed E-state index contributed by atoms with van der Waals surface area (Å²) in [6.07, 6.45) is 3.78. The standard InChI is InChI=1S/C14H21BrN2O/c1-10-5-3-6-11(2)17(10)16-9-12-7-4-8-13(15)14(12)18/h4,7-8,10-11,16,18H,3,5-6,9H2,1-2H3. The topological polar surface area (TPSA) is 35.5 Å². The van der Waals surface area contributed by atoms with E-state index in [1.165, 1.54) is 19.3 Å². The Balaban J connectivity index is 2.00. The van der Waals surface area contributed by atoms with Crippen LogP contribution in [-0.4, -0.2) is 22.2 Å². The molecule has 2 unspecified atom stereocenters. The van der Waals surface area contributed by atoms with Crippen molar-refractivity contribution in [2.24, 2.45) is 0 Å². The Bertz CT molecular complexity index is 401. The highest BCUT2D eigenvalue weighted by Crippen LogP contribution is 2.28. The fourth-order valence-corrected chi connectivity index (χ4v) is 3.02. The predicted molar refractivity (Wildman–Crippen MR) is 77.3 cm³/mol. The Kier molecular flexibility index (Phi) is 4.65. The molecular formula is C14H21BrN2O. The van der Waals surface area contributed by atoms with Crippen LogP contribution in [0.3, 0.4) is 0 Å². The Morgan fingerprint density at radius 2 is 2.00 bits per heavy atom. The number of hydrazine groups is 1. The molecule has 1 aromatic rings. The van der Waals surface area contributed by atoms with Crippen LogP contribution in [0.5, 0.6) is 5.75 Å². The van der Waals surface area contributed by atoms with Gasteiger partial charge in [0, 0.05) is 24.2 Å². The lowest BCUT2D eigenvalue weighted by Gasteiger charge is -2.39. The van der Waals surface area contributed by atoms with Crippen LogP contribution in [0.15, 0.2) is 22.7 Å². The first-order chi connectivity index (χ1) is 8.59. The van der Waals surface area contributed by atoms with Gasteiger partial charge in [0.1, 0.15) is 5.75 Å². The molecule has 3 nitrogen and oxygen atoms in total. The molecule has 2 N–H and O–H groups in total. The largest absolute Gasteiger partial charge is 0.506 e. The van der Waals surface area contributed by atoms with E-state index < -0.39 is 0 Å². The summed E-state index contributed by atoms with van der Waals surface area (Å²) >= 11 is 3.34. The van der Waals surface area contributed by atoms with Crippen molar-refractivity contribution in [1.82, 2.24) is 10.4 Å². The number of nitrogens with one attached hydrogen (secondary N) is 1. The summed E-state index contributed by atoms with van der Waals surface area (Å²) < 4.78 is 0.751. The summed E-state index contributed by atoms with van der Waals surface area (Å²) in [4.78, 5) is 0. The number of benzene rings is 1. The number of hydrogen-bond donors (Lipinski definition) is 2. The highest BCUT2D eigenvalue weighted by molar-refractivity contribution is 9.10. The van der Waals surface area contributed by atoms with Crippen molar-refractivity contribution in [1.29, 1.82) is 0 Å².